The van der Waals surface area contributed by atoms with Gasteiger partial charge in [0.2, 0.25) is 5.91 Å². The maximum atomic E-state index is 13.5. The highest BCUT2D eigenvalue weighted by molar-refractivity contribution is 7.11. The summed E-state index contributed by atoms with van der Waals surface area (Å²) in [7, 11) is 0. The first-order valence-corrected chi connectivity index (χ1v) is 12.2. The molecule has 6 heteroatoms. The molecule has 5 nitrogen and oxygen atoms in total. The third kappa shape index (κ3) is 5.90. The van der Waals surface area contributed by atoms with Crippen molar-refractivity contribution in [2.45, 2.75) is 19.8 Å². The van der Waals surface area contributed by atoms with Gasteiger partial charge in [-0.15, -0.1) is 11.3 Å². The van der Waals surface area contributed by atoms with E-state index in [1.807, 2.05) is 90.0 Å². The molecule has 1 aromatic heterocycles. The van der Waals surface area contributed by atoms with E-state index in [1.165, 1.54) is 0 Å². The molecule has 0 unspecified atom stereocenters. The van der Waals surface area contributed by atoms with Crippen LogP contribution >= 0.6 is 11.3 Å². The predicted octanol–water partition coefficient (Wildman–Crippen LogP) is 5.56. The Morgan fingerprint density at radius 3 is 2.39 bits per heavy atom. The highest BCUT2D eigenvalue weighted by atomic mass is 32.1. The van der Waals surface area contributed by atoms with E-state index in [0.29, 0.717) is 38.1 Å². The molecule has 1 aliphatic heterocycles. The van der Waals surface area contributed by atoms with Crippen LogP contribution in [0.15, 0.2) is 72.1 Å². The van der Waals surface area contributed by atoms with Crippen LogP contribution in [0, 0.1) is 5.92 Å². The van der Waals surface area contributed by atoms with Crippen molar-refractivity contribution >= 4 is 40.5 Å². The number of nitrogens with one attached hydrogen (secondary N) is 1. The second-order valence-electron chi connectivity index (χ2n) is 7.96. The van der Waals surface area contributed by atoms with Gasteiger partial charge >= 0.3 is 0 Å². The van der Waals surface area contributed by atoms with Crippen molar-refractivity contribution in [1.29, 1.82) is 0 Å². The smallest absolute Gasteiger partial charge is 0.255 e. The molecule has 1 fully saturated rings. The van der Waals surface area contributed by atoms with Crippen molar-refractivity contribution in [1.82, 2.24) is 4.90 Å². The number of para-hydroxylation sites is 1. The molecule has 2 heterocycles. The zero-order chi connectivity index (χ0) is 23.0. The lowest BCUT2D eigenvalue weighted by molar-refractivity contribution is -0.129. The van der Waals surface area contributed by atoms with Gasteiger partial charge < -0.3 is 15.0 Å². The van der Waals surface area contributed by atoms with Crippen molar-refractivity contribution < 1.29 is 14.3 Å². The minimum Gasteiger partial charge on any atom is -0.494 e. The first-order valence-electron chi connectivity index (χ1n) is 11.3. The Bertz CT molecular complexity index is 1080. The number of hydrogen-bond acceptors (Lipinski definition) is 4. The Morgan fingerprint density at radius 2 is 1.76 bits per heavy atom. The molecule has 33 heavy (non-hydrogen) atoms. The number of hydrogen-bond donors (Lipinski definition) is 1. The van der Waals surface area contributed by atoms with E-state index in [1.54, 1.807) is 11.3 Å². The summed E-state index contributed by atoms with van der Waals surface area (Å²) in [6.45, 7) is 3.71. The Labute approximate surface area is 198 Å². The molecule has 2 amide bonds. The van der Waals surface area contributed by atoms with Gasteiger partial charge in [-0.05, 0) is 67.1 Å². The van der Waals surface area contributed by atoms with Gasteiger partial charge in [-0.3, -0.25) is 9.59 Å². The molecular formula is C27H28N2O3S. The SMILES string of the molecule is CCOc1ccc(/C=C(\C(=O)N2CCC(C(=O)Nc3ccccc3)CC2)c2cccs2)cc1. The van der Waals surface area contributed by atoms with Gasteiger partial charge in [-0.2, -0.15) is 0 Å². The van der Waals surface area contributed by atoms with Crippen molar-refractivity contribution in [2.75, 3.05) is 25.0 Å². The summed E-state index contributed by atoms with van der Waals surface area (Å²) >= 11 is 1.56. The normalized spacial score (nSPS) is 14.7. The molecule has 0 saturated carbocycles. The van der Waals surface area contributed by atoms with E-state index in [-0.39, 0.29) is 17.7 Å². The molecule has 0 spiro atoms. The monoisotopic (exact) mass is 460 g/mol. The van der Waals surface area contributed by atoms with Crippen LogP contribution < -0.4 is 10.1 Å². The van der Waals surface area contributed by atoms with Gasteiger partial charge in [-0.25, -0.2) is 0 Å². The molecule has 170 valence electrons. The number of benzene rings is 2. The zero-order valence-electron chi connectivity index (χ0n) is 18.7. The summed E-state index contributed by atoms with van der Waals surface area (Å²) in [5, 5.41) is 4.97. The van der Waals surface area contributed by atoms with Crippen molar-refractivity contribution in [3.8, 4) is 5.75 Å². The van der Waals surface area contributed by atoms with Crippen LogP contribution in [0.4, 0.5) is 5.69 Å². The number of likely N-dealkylation sites (tertiary alicyclic amines) is 1. The lowest BCUT2D eigenvalue weighted by Crippen LogP contribution is -2.41. The molecule has 0 atom stereocenters. The van der Waals surface area contributed by atoms with Crippen molar-refractivity contribution in [2.24, 2.45) is 5.92 Å². The topological polar surface area (TPSA) is 58.6 Å². The van der Waals surface area contributed by atoms with Gasteiger partial charge in [0.1, 0.15) is 5.75 Å². The molecule has 2 aromatic carbocycles. The lowest BCUT2D eigenvalue weighted by Gasteiger charge is -2.32. The highest BCUT2D eigenvalue weighted by Gasteiger charge is 2.29. The van der Waals surface area contributed by atoms with Gasteiger partial charge in [0.25, 0.3) is 5.91 Å². The number of anilines is 1. The van der Waals surface area contributed by atoms with Crippen molar-refractivity contribution in [3.63, 3.8) is 0 Å². The minimum absolute atomic E-state index is 0.00764. The Morgan fingerprint density at radius 1 is 1.03 bits per heavy atom. The second-order valence-corrected chi connectivity index (χ2v) is 8.91. The average molecular weight is 461 g/mol. The molecule has 1 aliphatic rings. The van der Waals surface area contributed by atoms with Gasteiger partial charge in [0.15, 0.2) is 0 Å². The summed E-state index contributed by atoms with van der Waals surface area (Å²) < 4.78 is 5.52. The molecule has 4 rings (SSSR count). The lowest BCUT2D eigenvalue weighted by atomic mass is 9.95. The van der Waals surface area contributed by atoms with Gasteiger partial charge in [0, 0.05) is 29.6 Å². The zero-order valence-corrected chi connectivity index (χ0v) is 19.5. The van der Waals surface area contributed by atoms with E-state index in [4.69, 9.17) is 4.74 Å². The van der Waals surface area contributed by atoms with E-state index in [0.717, 1.165) is 21.9 Å². The predicted molar refractivity (Wildman–Crippen MR) is 134 cm³/mol. The van der Waals surface area contributed by atoms with Crippen LogP contribution in [0.2, 0.25) is 0 Å². The summed E-state index contributed by atoms with van der Waals surface area (Å²) in [4.78, 5) is 28.9. The molecule has 0 radical (unpaired) electrons. The number of ether oxygens (including phenoxy) is 1. The largest absolute Gasteiger partial charge is 0.494 e. The average Bonchev–Trinajstić information content (AvgIpc) is 3.39. The van der Waals surface area contributed by atoms with E-state index in [2.05, 4.69) is 5.32 Å². The number of carbonyl (C=O) groups excluding carboxylic acids is 2. The fourth-order valence-electron chi connectivity index (χ4n) is 3.94. The Balaban J connectivity index is 1.44. The third-order valence-corrected chi connectivity index (χ3v) is 6.62. The molecule has 0 aliphatic carbocycles. The number of amides is 2. The Hall–Kier alpha value is -3.38. The number of rotatable bonds is 7. The standard InChI is InChI=1S/C27H28N2O3S/c1-2-32-23-12-10-20(11-13-23)19-24(25-9-6-18-33-25)27(31)29-16-14-21(15-17-29)26(30)28-22-7-4-3-5-8-22/h3-13,18-19,21H,2,14-17H2,1H3,(H,28,30)/b24-19-. The number of carbonyl (C=O) groups is 2. The first kappa shape index (κ1) is 22.8. The fraction of sp³-hybridized carbons (Fsp3) is 0.259. The van der Waals surface area contributed by atoms with Crippen LogP contribution in [0.3, 0.4) is 0 Å². The van der Waals surface area contributed by atoms with Crippen LogP contribution in [0.25, 0.3) is 11.6 Å². The van der Waals surface area contributed by atoms with Gasteiger partial charge in [-0.1, -0.05) is 36.4 Å². The summed E-state index contributed by atoms with van der Waals surface area (Å²) in [5.74, 6) is 0.758. The minimum atomic E-state index is -0.0884. The Kier molecular flexibility index (Phi) is 7.58. The quantitative estimate of drug-likeness (QED) is 0.469. The second kappa shape index (κ2) is 11.0. The van der Waals surface area contributed by atoms with E-state index >= 15 is 0 Å². The summed E-state index contributed by atoms with van der Waals surface area (Å²) in [6.07, 6.45) is 3.26. The maximum Gasteiger partial charge on any atom is 0.255 e. The molecule has 1 saturated heterocycles. The number of nitrogens with zero attached hydrogens (tertiary/aromatic N) is 1. The van der Waals surface area contributed by atoms with Crippen LogP contribution in [-0.4, -0.2) is 36.4 Å². The van der Waals surface area contributed by atoms with E-state index in [9.17, 15) is 9.59 Å². The van der Waals surface area contributed by atoms with Crippen LogP contribution in [0.1, 0.15) is 30.2 Å². The summed E-state index contributed by atoms with van der Waals surface area (Å²) in [6, 6.07) is 21.2. The van der Waals surface area contributed by atoms with E-state index < -0.39 is 0 Å². The highest BCUT2D eigenvalue weighted by Crippen LogP contribution is 2.28. The number of thiophene rings is 1. The maximum absolute atomic E-state index is 13.5. The number of piperidine rings is 1. The fourth-order valence-corrected chi connectivity index (χ4v) is 4.68. The van der Waals surface area contributed by atoms with Crippen LogP contribution in [0.5, 0.6) is 5.75 Å². The third-order valence-electron chi connectivity index (χ3n) is 5.71. The molecule has 1 N–H and O–H groups in total. The van der Waals surface area contributed by atoms with Crippen molar-refractivity contribution in [3.05, 3.63) is 82.6 Å². The molecular weight excluding hydrogens is 432 g/mol. The first-order chi connectivity index (χ1) is 16.1. The molecule has 3 aromatic rings. The van der Waals surface area contributed by atoms with Crippen LogP contribution in [-0.2, 0) is 9.59 Å². The summed E-state index contributed by atoms with van der Waals surface area (Å²) in [5.41, 5.74) is 2.44. The molecule has 0 bridgehead atoms. The van der Waals surface area contributed by atoms with Gasteiger partial charge in [0.05, 0.1) is 12.2 Å².